The first-order chi connectivity index (χ1) is 9.74. The topological polar surface area (TPSA) is 43.2 Å². The molecule has 0 unspecified atom stereocenters. The highest BCUT2D eigenvalue weighted by atomic mass is 16.5. The number of rotatable bonds is 4. The molecule has 0 aliphatic carbocycles. The van der Waals surface area contributed by atoms with Crippen molar-refractivity contribution in [1.82, 2.24) is 19.4 Å². The van der Waals surface area contributed by atoms with Crippen LogP contribution in [0, 0.1) is 0 Å². The number of likely N-dealkylation sites (N-methyl/N-ethyl adjacent to an activating group) is 1. The number of nitrogens with zero attached hydrogens (tertiary/aromatic N) is 4. The Morgan fingerprint density at radius 1 is 1.30 bits per heavy atom. The van der Waals surface area contributed by atoms with Gasteiger partial charge in [0, 0.05) is 44.1 Å². The molecule has 0 saturated heterocycles. The van der Waals surface area contributed by atoms with Gasteiger partial charge < -0.3 is 9.30 Å². The second kappa shape index (κ2) is 5.73. The van der Waals surface area contributed by atoms with E-state index in [-0.39, 0.29) is 0 Å². The summed E-state index contributed by atoms with van der Waals surface area (Å²) >= 11 is 0. The van der Waals surface area contributed by atoms with E-state index >= 15 is 0 Å². The minimum atomic E-state index is 0.416. The summed E-state index contributed by atoms with van der Waals surface area (Å²) < 4.78 is 7.99. The quantitative estimate of drug-likeness (QED) is 0.843. The minimum absolute atomic E-state index is 0.416. The van der Waals surface area contributed by atoms with Crippen molar-refractivity contribution in [2.24, 2.45) is 7.05 Å². The summed E-state index contributed by atoms with van der Waals surface area (Å²) in [5.41, 5.74) is 3.70. The molecule has 5 heteroatoms. The monoisotopic (exact) mass is 272 g/mol. The van der Waals surface area contributed by atoms with E-state index in [1.807, 2.05) is 18.5 Å². The number of fused-ring (bicyclic) bond motifs is 1. The molecular formula is C15H20N4O. The van der Waals surface area contributed by atoms with Crippen LogP contribution in [0.1, 0.15) is 17.0 Å². The number of aryl methyl sites for hydroxylation is 1. The van der Waals surface area contributed by atoms with Gasteiger partial charge in [-0.3, -0.25) is 9.88 Å². The molecule has 2 aromatic heterocycles. The number of aromatic nitrogens is 3. The average molecular weight is 272 g/mol. The van der Waals surface area contributed by atoms with Gasteiger partial charge in [-0.1, -0.05) is 0 Å². The van der Waals surface area contributed by atoms with Gasteiger partial charge in [0.2, 0.25) is 0 Å². The SMILES string of the molecule is CN1Cc2ncn(C)c2C[C@H]1COCc1ccncc1. The van der Waals surface area contributed by atoms with E-state index in [4.69, 9.17) is 4.74 Å². The van der Waals surface area contributed by atoms with E-state index in [0.29, 0.717) is 12.6 Å². The zero-order valence-electron chi connectivity index (χ0n) is 12.0. The predicted molar refractivity (Wildman–Crippen MR) is 76.1 cm³/mol. The zero-order chi connectivity index (χ0) is 13.9. The second-order valence-corrected chi connectivity index (χ2v) is 5.39. The molecule has 20 heavy (non-hydrogen) atoms. The van der Waals surface area contributed by atoms with Crippen molar-refractivity contribution in [3.05, 3.63) is 47.8 Å². The molecule has 0 saturated carbocycles. The maximum Gasteiger partial charge on any atom is 0.0949 e. The first kappa shape index (κ1) is 13.3. The Bertz CT molecular complexity index is 567. The molecule has 0 fully saturated rings. The van der Waals surface area contributed by atoms with Crippen molar-refractivity contribution in [3.63, 3.8) is 0 Å². The van der Waals surface area contributed by atoms with E-state index < -0.39 is 0 Å². The minimum Gasteiger partial charge on any atom is -0.375 e. The van der Waals surface area contributed by atoms with Crippen LogP contribution in [0.4, 0.5) is 0 Å². The number of pyridine rings is 1. The summed E-state index contributed by atoms with van der Waals surface area (Å²) in [4.78, 5) is 10.8. The van der Waals surface area contributed by atoms with E-state index in [0.717, 1.165) is 19.6 Å². The summed E-state index contributed by atoms with van der Waals surface area (Å²) in [6, 6.07) is 4.40. The lowest BCUT2D eigenvalue weighted by atomic mass is 10.0. The molecular weight excluding hydrogens is 252 g/mol. The molecule has 3 rings (SSSR count). The molecule has 0 aromatic carbocycles. The Balaban J connectivity index is 1.57. The fourth-order valence-electron chi connectivity index (χ4n) is 2.62. The lowest BCUT2D eigenvalue weighted by molar-refractivity contribution is 0.0515. The first-order valence-electron chi connectivity index (χ1n) is 6.90. The Morgan fingerprint density at radius 3 is 2.90 bits per heavy atom. The number of hydrogen-bond donors (Lipinski definition) is 0. The van der Waals surface area contributed by atoms with E-state index in [2.05, 4.69) is 33.5 Å². The van der Waals surface area contributed by atoms with Crippen molar-refractivity contribution in [1.29, 1.82) is 0 Å². The highest BCUT2D eigenvalue weighted by molar-refractivity contribution is 5.17. The van der Waals surface area contributed by atoms with Gasteiger partial charge in [-0.15, -0.1) is 0 Å². The molecule has 0 bridgehead atoms. The summed E-state index contributed by atoms with van der Waals surface area (Å²) in [7, 11) is 4.20. The Hall–Kier alpha value is -1.72. The van der Waals surface area contributed by atoms with Gasteiger partial charge >= 0.3 is 0 Å². The summed E-state index contributed by atoms with van der Waals surface area (Å²) in [5.74, 6) is 0. The molecule has 3 heterocycles. The third-order valence-corrected chi connectivity index (χ3v) is 3.93. The van der Waals surface area contributed by atoms with Gasteiger partial charge in [0.25, 0.3) is 0 Å². The van der Waals surface area contributed by atoms with Gasteiger partial charge in [0.15, 0.2) is 0 Å². The standard InChI is InChI=1S/C15H20N4O/c1-18-8-14-15(19(2)11-17-14)7-13(18)10-20-9-12-3-5-16-6-4-12/h3-6,11,13H,7-10H2,1-2H3/t13-/m0/s1. The van der Waals surface area contributed by atoms with Crippen molar-refractivity contribution < 1.29 is 4.74 Å². The van der Waals surface area contributed by atoms with Gasteiger partial charge in [0.05, 0.1) is 25.2 Å². The third kappa shape index (κ3) is 2.73. The van der Waals surface area contributed by atoms with Gasteiger partial charge in [-0.05, 0) is 24.7 Å². The van der Waals surface area contributed by atoms with Crippen LogP contribution < -0.4 is 0 Å². The summed E-state index contributed by atoms with van der Waals surface area (Å²) in [5, 5.41) is 0. The van der Waals surface area contributed by atoms with Crippen LogP contribution in [0.15, 0.2) is 30.9 Å². The molecule has 0 radical (unpaired) electrons. The maximum atomic E-state index is 5.86. The number of ether oxygens (including phenoxy) is 1. The number of imidazole rings is 1. The summed E-state index contributed by atoms with van der Waals surface area (Å²) in [6.07, 6.45) is 6.50. The van der Waals surface area contributed by atoms with E-state index in [1.165, 1.54) is 17.0 Å². The van der Waals surface area contributed by atoms with Crippen molar-refractivity contribution in [2.45, 2.75) is 25.6 Å². The van der Waals surface area contributed by atoms with Crippen molar-refractivity contribution >= 4 is 0 Å². The van der Waals surface area contributed by atoms with E-state index in [1.54, 1.807) is 12.4 Å². The first-order valence-corrected chi connectivity index (χ1v) is 6.90. The highest BCUT2D eigenvalue weighted by Crippen LogP contribution is 2.20. The molecule has 0 amide bonds. The Labute approximate surface area is 119 Å². The lowest BCUT2D eigenvalue weighted by Gasteiger charge is -2.32. The van der Waals surface area contributed by atoms with Gasteiger partial charge in [-0.2, -0.15) is 0 Å². The smallest absolute Gasteiger partial charge is 0.0949 e. The van der Waals surface area contributed by atoms with Crippen LogP contribution in [0.25, 0.3) is 0 Å². The maximum absolute atomic E-state index is 5.86. The van der Waals surface area contributed by atoms with Gasteiger partial charge in [0.1, 0.15) is 0 Å². The predicted octanol–water partition coefficient (Wildman–Crippen LogP) is 1.39. The molecule has 1 aliphatic heterocycles. The fourth-order valence-corrected chi connectivity index (χ4v) is 2.62. The highest BCUT2D eigenvalue weighted by Gasteiger charge is 2.26. The molecule has 2 aromatic rings. The number of hydrogen-bond acceptors (Lipinski definition) is 4. The Kier molecular flexibility index (Phi) is 3.80. The molecule has 0 N–H and O–H groups in total. The second-order valence-electron chi connectivity index (χ2n) is 5.39. The lowest BCUT2D eigenvalue weighted by Crippen LogP contribution is -2.41. The largest absolute Gasteiger partial charge is 0.375 e. The fraction of sp³-hybridized carbons (Fsp3) is 0.467. The van der Waals surface area contributed by atoms with Crippen LogP contribution in [0.2, 0.25) is 0 Å². The van der Waals surface area contributed by atoms with Crippen molar-refractivity contribution in [3.8, 4) is 0 Å². The van der Waals surface area contributed by atoms with Crippen LogP contribution in [0.5, 0.6) is 0 Å². The van der Waals surface area contributed by atoms with Gasteiger partial charge in [-0.25, -0.2) is 4.98 Å². The third-order valence-electron chi connectivity index (χ3n) is 3.93. The molecule has 5 nitrogen and oxygen atoms in total. The van der Waals surface area contributed by atoms with Crippen LogP contribution in [-0.4, -0.2) is 39.1 Å². The normalized spacial score (nSPS) is 19.0. The average Bonchev–Trinajstić information content (AvgIpc) is 2.81. The van der Waals surface area contributed by atoms with Crippen molar-refractivity contribution in [2.75, 3.05) is 13.7 Å². The van der Waals surface area contributed by atoms with E-state index in [9.17, 15) is 0 Å². The summed E-state index contributed by atoms with van der Waals surface area (Å²) in [6.45, 7) is 2.29. The Morgan fingerprint density at radius 2 is 2.10 bits per heavy atom. The molecule has 0 spiro atoms. The molecule has 1 aliphatic rings. The zero-order valence-corrected chi connectivity index (χ0v) is 12.0. The molecule has 1 atom stereocenters. The van der Waals surface area contributed by atoms with Crippen LogP contribution >= 0.6 is 0 Å². The molecule has 106 valence electrons. The van der Waals surface area contributed by atoms with Crippen LogP contribution in [-0.2, 0) is 31.4 Å². The van der Waals surface area contributed by atoms with Crippen LogP contribution in [0.3, 0.4) is 0 Å².